The first-order valence-corrected chi connectivity index (χ1v) is 26.8. The Labute approximate surface area is 390 Å². The van der Waals surface area contributed by atoms with Gasteiger partial charge in [-0.2, -0.15) is 0 Å². The second-order valence-corrected chi connectivity index (χ2v) is 17.8. The van der Waals surface area contributed by atoms with Crippen LogP contribution in [0.1, 0.15) is 265 Å². The normalized spacial score (nSPS) is 12.5. The summed E-state index contributed by atoms with van der Waals surface area (Å²) >= 11 is 0. The zero-order valence-electron chi connectivity index (χ0n) is 41.6. The van der Waals surface area contributed by atoms with Crippen molar-refractivity contribution in [3.63, 3.8) is 0 Å². The molecule has 0 saturated carbocycles. The molecular weight excluding hydrogens is 781 g/mol. The van der Waals surface area contributed by atoms with Gasteiger partial charge in [0.1, 0.15) is 13.2 Å². The molecule has 0 bridgehead atoms. The topological polar surface area (TPSA) is 78.9 Å². The molecule has 0 spiro atoms. The molecule has 1 atom stereocenters. The maximum atomic E-state index is 12.8. The zero-order valence-corrected chi connectivity index (χ0v) is 41.6. The number of carbonyl (C=O) groups is 3. The number of rotatable bonds is 48. The minimum atomic E-state index is -0.797. The maximum absolute atomic E-state index is 12.8. The molecule has 0 rings (SSSR count). The fraction of sp³-hybridized carbons (Fsp3) is 0.772. The van der Waals surface area contributed by atoms with Gasteiger partial charge in [-0.05, 0) is 89.9 Å². The average Bonchev–Trinajstić information content (AvgIpc) is 3.28. The molecule has 0 N–H and O–H groups in total. The summed E-state index contributed by atoms with van der Waals surface area (Å²) in [6.07, 6.45) is 63.5. The molecule has 0 aromatic heterocycles. The van der Waals surface area contributed by atoms with E-state index in [1.54, 1.807) is 0 Å². The first kappa shape index (κ1) is 60.1. The van der Waals surface area contributed by atoms with Gasteiger partial charge in [0.2, 0.25) is 0 Å². The number of esters is 3. The Kier molecular flexibility index (Phi) is 49.4. The Hall–Kier alpha value is -2.89. The summed E-state index contributed by atoms with van der Waals surface area (Å²) in [7, 11) is 0. The first-order chi connectivity index (χ1) is 31.0. The number of hydrogen-bond acceptors (Lipinski definition) is 6. The molecule has 0 aliphatic carbocycles. The largest absolute Gasteiger partial charge is 0.462 e. The Bertz CT molecular complexity index is 1150. The van der Waals surface area contributed by atoms with Crippen LogP contribution in [0.2, 0.25) is 0 Å². The minimum absolute atomic E-state index is 0.0943. The second-order valence-electron chi connectivity index (χ2n) is 17.8. The summed E-state index contributed by atoms with van der Waals surface area (Å²) < 4.78 is 16.8. The molecule has 1 unspecified atom stereocenters. The predicted octanol–water partition coefficient (Wildman–Crippen LogP) is 17.6. The van der Waals surface area contributed by atoms with E-state index < -0.39 is 6.10 Å². The summed E-state index contributed by atoms with van der Waals surface area (Å²) in [5.41, 5.74) is 0. The van der Waals surface area contributed by atoms with Crippen molar-refractivity contribution in [2.24, 2.45) is 0 Å². The van der Waals surface area contributed by atoms with Crippen molar-refractivity contribution in [3.8, 4) is 0 Å². The molecule has 0 saturated heterocycles. The van der Waals surface area contributed by atoms with E-state index in [9.17, 15) is 14.4 Å². The van der Waals surface area contributed by atoms with Crippen LogP contribution in [0, 0.1) is 0 Å². The van der Waals surface area contributed by atoms with E-state index in [1.165, 1.54) is 128 Å². The van der Waals surface area contributed by atoms with Gasteiger partial charge in [0, 0.05) is 19.3 Å². The van der Waals surface area contributed by atoms with E-state index in [0.717, 1.165) is 96.3 Å². The Morgan fingerprint density at radius 1 is 0.317 bits per heavy atom. The summed E-state index contributed by atoms with van der Waals surface area (Å²) in [6, 6.07) is 0. The van der Waals surface area contributed by atoms with Gasteiger partial charge in [-0.25, -0.2) is 0 Å². The van der Waals surface area contributed by atoms with Gasteiger partial charge in [-0.15, -0.1) is 0 Å². The van der Waals surface area contributed by atoms with Crippen molar-refractivity contribution in [2.45, 2.75) is 271 Å². The van der Waals surface area contributed by atoms with E-state index in [-0.39, 0.29) is 31.1 Å². The number of unbranched alkanes of at least 4 members (excludes halogenated alkanes) is 29. The highest BCUT2D eigenvalue weighted by Crippen LogP contribution is 2.14. The molecule has 0 radical (unpaired) electrons. The van der Waals surface area contributed by atoms with Crippen LogP contribution in [0.5, 0.6) is 0 Å². The summed E-state index contributed by atoms with van der Waals surface area (Å²) in [5, 5.41) is 0. The molecule has 0 aliphatic rings. The molecule has 0 heterocycles. The van der Waals surface area contributed by atoms with Crippen LogP contribution in [-0.2, 0) is 28.6 Å². The third-order valence-electron chi connectivity index (χ3n) is 11.5. The van der Waals surface area contributed by atoms with Crippen molar-refractivity contribution in [2.75, 3.05) is 13.2 Å². The lowest BCUT2D eigenvalue weighted by molar-refractivity contribution is -0.167. The van der Waals surface area contributed by atoms with Gasteiger partial charge in [0.15, 0.2) is 6.10 Å². The van der Waals surface area contributed by atoms with Crippen molar-refractivity contribution in [3.05, 3.63) is 60.8 Å². The van der Waals surface area contributed by atoms with Crippen LogP contribution in [0.3, 0.4) is 0 Å². The lowest BCUT2D eigenvalue weighted by Crippen LogP contribution is -2.30. The van der Waals surface area contributed by atoms with E-state index in [4.69, 9.17) is 14.2 Å². The molecule has 63 heavy (non-hydrogen) atoms. The third-order valence-corrected chi connectivity index (χ3v) is 11.5. The molecule has 0 amide bonds. The van der Waals surface area contributed by atoms with Gasteiger partial charge in [0.05, 0.1) is 0 Å². The average molecular weight is 881 g/mol. The molecule has 6 nitrogen and oxygen atoms in total. The first-order valence-electron chi connectivity index (χ1n) is 26.8. The van der Waals surface area contributed by atoms with Gasteiger partial charge >= 0.3 is 17.9 Å². The van der Waals surface area contributed by atoms with Gasteiger partial charge < -0.3 is 14.2 Å². The quantitative estimate of drug-likeness (QED) is 0.0199. The summed E-state index contributed by atoms with van der Waals surface area (Å²) in [4.78, 5) is 38.0. The number of carbonyl (C=O) groups excluding carboxylic acids is 3. The predicted molar refractivity (Wildman–Crippen MR) is 270 cm³/mol. The SMILES string of the molecule is CCCC/C=C\CCCCCCCC(=O)OCC(COC(=O)CCCCCCC/C=C\C=C/CCCCCCCCC)OC(=O)CCCCC/C=C\C=C/CCCCCCCCC. The highest BCUT2D eigenvalue weighted by Gasteiger charge is 2.19. The lowest BCUT2D eigenvalue weighted by Gasteiger charge is -2.18. The second kappa shape index (κ2) is 51.7. The number of ether oxygens (including phenoxy) is 3. The molecule has 0 aromatic carbocycles. The van der Waals surface area contributed by atoms with Crippen molar-refractivity contribution in [1.29, 1.82) is 0 Å². The summed E-state index contributed by atoms with van der Waals surface area (Å²) in [5.74, 6) is -0.941. The number of allylic oxidation sites excluding steroid dienone is 10. The van der Waals surface area contributed by atoms with Crippen LogP contribution < -0.4 is 0 Å². The Morgan fingerprint density at radius 3 is 0.952 bits per heavy atom. The van der Waals surface area contributed by atoms with Crippen LogP contribution in [0.15, 0.2) is 60.8 Å². The zero-order chi connectivity index (χ0) is 45.8. The highest BCUT2D eigenvalue weighted by atomic mass is 16.6. The molecule has 0 fully saturated rings. The van der Waals surface area contributed by atoms with E-state index in [1.807, 2.05) is 0 Å². The van der Waals surface area contributed by atoms with Crippen LogP contribution in [-0.4, -0.2) is 37.2 Å². The molecule has 364 valence electrons. The summed E-state index contributed by atoms with van der Waals surface area (Å²) in [6.45, 7) is 6.55. The molecule has 0 aromatic rings. The maximum Gasteiger partial charge on any atom is 0.306 e. The van der Waals surface area contributed by atoms with Crippen LogP contribution in [0.25, 0.3) is 0 Å². The van der Waals surface area contributed by atoms with Crippen molar-refractivity contribution in [1.82, 2.24) is 0 Å². The lowest BCUT2D eigenvalue weighted by atomic mass is 10.1. The van der Waals surface area contributed by atoms with E-state index in [0.29, 0.717) is 19.3 Å². The minimum Gasteiger partial charge on any atom is -0.462 e. The van der Waals surface area contributed by atoms with E-state index >= 15 is 0 Å². The third kappa shape index (κ3) is 50.0. The van der Waals surface area contributed by atoms with Crippen LogP contribution >= 0.6 is 0 Å². The van der Waals surface area contributed by atoms with Crippen molar-refractivity contribution < 1.29 is 28.6 Å². The highest BCUT2D eigenvalue weighted by molar-refractivity contribution is 5.71. The monoisotopic (exact) mass is 881 g/mol. The van der Waals surface area contributed by atoms with E-state index in [2.05, 4.69) is 81.5 Å². The van der Waals surface area contributed by atoms with Crippen molar-refractivity contribution >= 4 is 17.9 Å². The smallest absolute Gasteiger partial charge is 0.306 e. The molecule has 6 heteroatoms. The van der Waals surface area contributed by atoms with Gasteiger partial charge in [0.25, 0.3) is 0 Å². The number of hydrogen-bond donors (Lipinski definition) is 0. The van der Waals surface area contributed by atoms with Crippen LogP contribution in [0.4, 0.5) is 0 Å². The van der Waals surface area contributed by atoms with Gasteiger partial charge in [-0.1, -0.05) is 216 Å². The molecule has 0 aliphatic heterocycles. The fourth-order valence-corrected chi connectivity index (χ4v) is 7.40. The fourth-order valence-electron chi connectivity index (χ4n) is 7.40. The standard InChI is InChI=1S/C57H100O6/c1-4-7-10-13-16-19-22-24-26-28-29-31-32-35-38-41-44-47-50-56(59)62-53-54(52-61-55(58)49-46-43-40-37-34-21-18-15-12-9-6-3)63-57(60)51-48-45-42-39-36-33-30-27-25-23-20-17-14-11-8-5-2/h15,18,26-31,33,36,54H,4-14,16-17,19-25,32,34-35,37-53H2,1-3H3/b18-15-,28-26-,30-27-,31-29-,36-33-. The van der Waals surface area contributed by atoms with Gasteiger partial charge in [-0.3, -0.25) is 14.4 Å². The molecular formula is C57H100O6. The Balaban J connectivity index is 4.42. The Morgan fingerprint density at radius 2 is 0.587 bits per heavy atom.